The van der Waals surface area contributed by atoms with Crippen molar-refractivity contribution in [1.29, 1.82) is 0 Å². The summed E-state index contributed by atoms with van der Waals surface area (Å²) in [6.45, 7) is 0. The van der Waals surface area contributed by atoms with Gasteiger partial charge in [0.05, 0.1) is 17.7 Å². The van der Waals surface area contributed by atoms with Crippen LogP contribution in [0.3, 0.4) is 0 Å². The lowest BCUT2D eigenvalue weighted by atomic mass is 10.2. The van der Waals surface area contributed by atoms with E-state index in [1.54, 1.807) is 25.1 Å². The average Bonchev–Trinajstić information content (AvgIpc) is 3.08. The third kappa shape index (κ3) is 3.11. The van der Waals surface area contributed by atoms with Gasteiger partial charge in [0, 0.05) is 18.1 Å². The average molecular weight is 296 g/mol. The molecule has 0 saturated carbocycles. The minimum Gasteiger partial charge on any atom is -0.496 e. The molecule has 0 atom stereocenters. The van der Waals surface area contributed by atoms with Gasteiger partial charge in [-0.15, -0.1) is 11.8 Å². The zero-order valence-electron chi connectivity index (χ0n) is 11.8. The Bertz CT molecular complexity index is 696. The van der Waals surface area contributed by atoms with Crippen molar-refractivity contribution in [1.82, 2.24) is 9.78 Å². The van der Waals surface area contributed by atoms with Gasteiger partial charge in [-0.1, -0.05) is 36.4 Å². The fourth-order valence-electron chi connectivity index (χ4n) is 2.13. The van der Waals surface area contributed by atoms with Gasteiger partial charge in [-0.3, -0.25) is 0 Å². The molecule has 0 radical (unpaired) electrons. The summed E-state index contributed by atoms with van der Waals surface area (Å²) in [5.74, 6) is 1.78. The maximum absolute atomic E-state index is 5.51. The van der Waals surface area contributed by atoms with Crippen LogP contribution in [0.5, 0.6) is 5.75 Å². The van der Waals surface area contributed by atoms with Crippen LogP contribution in [0.25, 0.3) is 5.69 Å². The largest absolute Gasteiger partial charge is 0.496 e. The number of hydrogen-bond acceptors (Lipinski definition) is 3. The van der Waals surface area contributed by atoms with Crippen molar-refractivity contribution in [2.75, 3.05) is 7.11 Å². The minimum atomic E-state index is 0.879. The summed E-state index contributed by atoms with van der Waals surface area (Å²) in [4.78, 5) is 1.10. The summed E-state index contributed by atoms with van der Waals surface area (Å²) in [6, 6.07) is 18.4. The lowest BCUT2D eigenvalue weighted by Gasteiger charge is -2.13. The van der Waals surface area contributed by atoms with Crippen LogP contribution in [0.15, 0.2) is 71.9 Å². The topological polar surface area (TPSA) is 27.1 Å². The van der Waals surface area contributed by atoms with Crippen LogP contribution < -0.4 is 4.74 Å². The molecule has 4 heteroatoms. The van der Waals surface area contributed by atoms with Gasteiger partial charge in [0.2, 0.25) is 0 Å². The molecular weight excluding hydrogens is 280 g/mol. The van der Waals surface area contributed by atoms with Crippen LogP contribution >= 0.6 is 11.8 Å². The van der Waals surface area contributed by atoms with Crippen molar-refractivity contribution in [2.45, 2.75) is 10.6 Å². The summed E-state index contributed by atoms with van der Waals surface area (Å²) < 4.78 is 7.38. The zero-order chi connectivity index (χ0) is 14.5. The molecule has 2 aromatic carbocycles. The van der Waals surface area contributed by atoms with Crippen LogP contribution in [0, 0.1) is 0 Å². The summed E-state index contributed by atoms with van der Waals surface area (Å²) >= 11 is 1.76. The Balaban J connectivity index is 1.92. The van der Waals surface area contributed by atoms with Crippen molar-refractivity contribution >= 4 is 11.8 Å². The third-order valence-electron chi connectivity index (χ3n) is 3.16. The number of thioether (sulfide) groups is 1. The van der Waals surface area contributed by atoms with E-state index in [9.17, 15) is 0 Å². The van der Waals surface area contributed by atoms with E-state index in [-0.39, 0.29) is 0 Å². The monoisotopic (exact) mass is 296 g/mol. The molecule has 3 nitrogen and oxygen atoms in total. The Hall–Kier alpha value is -2.20. The molecule has 0 saturated heterocycles. The third-order valence-corrected chi connectivity index (χ3v) is 4.33. The molecule has 1 aromatic heterocycles. The second-order valence-electron chi connectivity index (χ2n) is 4.53. The molecule has 1 heterocycles. The number of nitrogens with zero attached hydrogens (tertiary/aromatic N) is 2. The molecule has 0 unspecified atom stereocenters. The minimum absolute atomic E-state index is 0.879. The first-order valence-electron chi connectivity index (χ1n) is 6.72. The maximum Gasteiger partial charge on any atom is 0.134 e. The van der Waals surface area contributed by atoms with Gasteiger partial charge in [-0.2, -0.15) is 5.10 Å². The molecule has 0 bridgehead atoms. The Kier molecular flexibility index (Phi) is 4.26. The summed E-state index contributed by atoms with van der Waals surface area (Å²) in [5.41, 5.74) is 2.33. The van der Waals surface area contributed by atoms with Crippen molar-refractivity contribution in [2.24, 2.45) is 0 Å². The molecule has 0 aliphatic carbocycles. The zero-order valence-corrected chi connectivity index (χ0v) is 12.6. The summed E-state index contributed by atoms with van der Waals surface area (Å²) in [7, 11) is 1.70. The molecule has 0 N–H and O–H groups in total. The number of benzene rings is 2. The predicted molar refractivity (Wildman–Crippen MR) is 86.1 cm³/mol. The maximum atomic E-state index is 5.51. The van der Waals surface area contributed by atoms with E-state index >= 15 is 0 Å². The molecular formula is C17H16N2OS. The van der Waals surface area contributed by atoms with Gasteiger partial charge in [-0.05, 0) is 23.8 Å². The lowest BCUT2D eigenvalue weighted by molar-refractivity contribution is 0.404. The first kappa shape index (κ1) is 13.8. The molecule has 3 aromatic rings. The lowest BCUT2D eigenvalue weighted by Crippen LogP contribution is -1.99. The second-order valence-corrected chi connectivity index (χ2v) is 5.52. The SMILES string of the molecule is COc1cccc(-n2cccn2)c1SCc1ccccc1. The van der Waals surface area contributed by atoms with E-state index in [0.29, 0.717) is 0 Å². The highest BCUT2D eigenvalue weighted by molar-refractivity contribution is 7.98. The number of ether oxygens (including phenoxy) is 1. The fourth-order valence-corrected chi connectivity index (χ4v) is 3.24. The van der Waals surface area contributed by atoms with Crippen molar-refractivity contribution < 1.29 is 4.74 Å². The first-order chi connectivity index (χ1) is 10.4. The van der Waals surface area contributed by atoms with E-state index in [2.05, 4.69) is 35.4 Å². The van der Waals surface area contributed by atoms with Gasteiger partial charge >= 0.3 is 0 Å². The number of rotatable bonds is 5. The van der Waals surface area contributed by atoms with Gasteiger partial charge in [0.1, 0.15) is 5.75 Å². The Morgan fingerprint density at radius 3 is 2.62 bits per heavy atom. The molecule has 0 aliphatic heterocycles. The Morgan fingerprint density at radius 1 is 1.05 bits per heavy atom. The van der Waals surface area contributed by atoms with Crippen molar-refractivity contribution in [3.8, 4) is 11.4 Å². The van der Waals surface area contributed by atoms with Crippen LogP contribution in [0.1, 0.15) is 5.56 Å². The van der Waals surface area contributed by atoms with E-state index in [1.807, 2.05) is 35.1 Å². The van der Waals surface area contributed by atoms with Crippen LogP contribution in [-0.4, -0.2) is 16.9 Å². The smallest absolute Gasteiger partial charge is 0.134 e. The number of methoxy groups -OCH3 is 1. The molecule has 0 amide bonds. The highest BCUT2D eigenvalue weighted by atomic mass is 32.2. The van der Waals surface area contributed by atoms with E-state index in [0.717, 1.165) is 22.1 Å². The van der Waals surface area contributed by atoms with Gasteiger partial charge in [-0.25, -0.2) is 4.68 Å². The quantitative estimate of drug-likeness (QED) is 0.661. The van der Waals surface area contributed by atoms with Gasteiger partial charge in [0.15, 0.2) is 0 Å². The first-order valence-corrected chi connectivity index (χ1v) is 7.71. The van der Waals surface area contributed by atoms with E-state index in [4.69, 9.17) is 4.74 Å². The van der Waals surface area contributed by atoms with Gasteiger partial charge in [0.25, 0.3) is 0 Å². The summed E-state index contributed by atoms with van der Waals surface area (Å²) in [5, 5.41) is 4.33. The van der Waals surface area contributed by atoms with Crippen molar-refractivity contribution in [3.05, 3.63) is 72.6 Å². The standard InChI is InChI=1S/C17H16N2OS/c1-20-16-10-5-9-15(19-12-6-11-18-19)17(16)21-13-14-7-3-2-4-8-14/h2-12H,13H2,1H3. The number of aromatic nitrogens is 2. The normalized spacial score (nSPS) is 10.5. The predicted octanol–water partition coefficient (Wildman–Crippen LogP) is 4.17. The van der Waals surface area contributed by atoms with Crippen LogP contribution in [0.2, 0.25) is 0 Å². The summed E-state index contributed by atoms with van der Waals surface area (Å²) in [6.07, 6.45) is 3.73. The van der Waals surface area contributed by atoms with Gasteiger partial charge < -0.3 is 4.74 Å². The van der Waals surface area contributed by atoms with Crippen LogP contribution in [-0.2, 0) is 5.75 Å². The van der Waals surface area contributed by atoms with Crippen LogP contribution in [0.4, 0.5) is 0 Å². The van der Waals surface area contributed by atoms with E-state index < -0.39 is 0 Å². The molecule has 21 heavy (non-hydrogen) atoms. The fraction of sp³-hybridized carbons (Fsp3) is 0.118. The molecule has 0 aliphatic rings. The highest BCUT2D eigenvalue weighted by Crippen LogP contribution is 2.36. The number of hydrogen-bond donors (Lipinski definition) is 0. The van der Waals surface area contributed by atoms with E-state index in [1.165, 1.54) is 5.56 Å². The highest BCUT2D eigenvalue weighted by Gasteiger charge is 2.11. The molecule has 3 rings (SSSR count). The molecule has 0 spiro atoms. The molecule has 106 valence electrons. The Labute approximate surface area is 128 Å². The second kappa shape index (κ2) is 6.50. The Morgan fingerprint density at radius 2 is 1.90 bits per heavy atom. The molecule has 0 fully saturated rings. The van der Waals surface area contributed by atoms with Crippen molar-refractivity contribution in [3.63, 3.8) is 0 Å².